The Morgan fingerprint density at radius 1 is 0.973 bits per heavy atom. The van der Waals surface area contributed by atoms with Crippen molar-refractivity contribution in [1.82, 2.24) is 13.8 Å². The fourth-order valence-electron chi connectivity index (χ4n) is 4.10. The van der Waals surface area contributed by atoms with Gasteiger partial charge in [-0.15, -0.1) is 0 Å². The van der Waals surface area contributed by atoms with Crippen LogP contribution in [0.3, 0.4) is 0 Å². The van der Waals surface area contributed by atoms with Crippen LogP contribution in [0.4, 0.5) is 4.79 Å². The highest BCUT2D eigenvalue weighted by molar-refractivity contribution is 7.89. The highest BCUT2D eigenvalue weighted by Crippen LogP contribution is 2.24. The number of aromatic nitrogens is 1. The summed E-state index contributed by atoms with van der Waals surface area (Å²) in [4.78, 5) is 31.3. The topological polar surface area (TPSA) is 111 Å². The van der Waals surface area contributed by atoms with Gasteiger partial charge in [-0.2, -0.15) is 9.30 Å². The molecule has 2 amide bonds. The van der Waals surface area contributed by atoms with Crippen LogP contribution in [0.2, 0.25) is 0 Å². The Kier molecular flexibility index (Phi) is 8.30. The molecule has 2 heterocycles. The van der Waals surface area contributed by atoms with Crippen LogP contribution < -0.4 is 9.54 Å². The van der Waals surface area contributed by atoms with Gasteiger partial charge in [0, 0.05) is 38.3 Å². The molecule has 2 aromatic carbocycles. The van der Waals surface area contributed by atoms with E-state index in [2.05, 4.69) is 4.99 Å². The zero-order chi connectivity index (χ0) is 26.6. The number of aryl methyl sites for hydroxylation is 1. The number of carbonyl (C=O) groups is 2. The van der Waals surface area contributed by atoms with Crippen molar-refractivity contribution in [1.29, 1.82) is 0 Å². The minimum atomic E-state index is -3.76. The second-order valence-corrected chi connectivity index (χ2v) is 11.2. The standard InChI is InChI=1S/C25H30N4O6S2/c1-4-29-21-12-9-19(34-5-2)17-22(21)36-24(29)26-23(30)18-7-10-20(11-8-18)37(32,33)28-15-13-27(14-16-28)25(31)35-6-3/h7-12,17H,4-6,13-16H2,1-3H3. The second kappa shape index (κ2) is 11.4. The van der Waals surface area contributed by atoms with Gasteiger partial charge in [-0.05, 0) is 63.2 Å². The summed E-state index contributed by atoms with van der Waals surface area (Å²) in [7, 11) is -3.76. The van der Waals surface area contributed by atoms with Crippen molar-refractivity contribution in [2.45, 2.75) is 32.2 Å². The monoisotopic (exact) mass is 546 g/mol. The average molecular weight is 547 g/mol. The van der Waals surface area contributed by atoms with Crippen LogP contribution in [0.5, 0.6) is 5.75 Å². The van der Waals surface area contributed by atoms with Crippen LogP contribution in [-0.4, -0.2) is 73.6 Å². The Bertz CT molecular complexity index is 1450. The number of rotatable bonds is 7. The number of carbonyl (C=O) groups excluding carboxylic acids is 2. The third-order valence-corrected chi connectivity index (χ3v) is 8.94. The van der Waals surface area contributed by atoms with Crippen LogP contribution in [0.15, 0.2) is 52.4 Å². The van der Waals surface area contributed by atoms with Gasteiger partial charge in [-0.3, -0.25) is 4.79 Å². The molecule has 0 saturated carbocycles. The van der Waals surface area contributed by atoms with Crippen molar-refractivity contribution in [3.8, 4) is 5.75 Å². The molecule has 1 fully saturated rings. The lowest BCUT2D eigenvalue weighted by atomic mass is 10.2. The highest BCUT2D eigenvalue weighted by Gasteiger charge is 2.30. The van der Waals surface area contributed by atoms with E-state index in [0.717, 1.165) is 16.0 Å². The highest BCUT2D eigenvalue weighted by atomic mass is 32.2. The van der Waals surface area contributed by atoms with Gasteiger partial charge in [0.2, 0.25) is 10.0 Å². The van der Waals surface area contributed by atoms with E-state index in [1.807, 2.05) is 36.6 Å². The summed E-state index contributed by atoms with van der Waals surface area (Å²) in [6.07, 6.45) is -0.441. The normalized spacial score (nSPS) is 15.2. The summed E-state index contributed by atoms with van der Waals surface area (Å²) in [6, 6.07) is 11.6. The molecule has 1 aliphatic heterocycles. The molecule has 37 heavy (non-hydrogen) atoms. The summed E-state index contributed by atoms with van der Waals surface area (Å²) in [5.74, 6) is 0.308. The molecule has 0 aliphatic carbocycles. The minimum absolute atomic E-state index is 0.0857. The number of nitrogens with zero attached hydrogens (tertiary/aromatic N) is 4. The Labute approximate surface area is 219 Å². The number of ether oxygens (including phenoxy) is 2. The molecular formula is C25H30N4O6S2. The first-order valence-corrected chi connectivity index (χ1v) is 14.4. The van der Waals surface area contributed by atoms with Crippen molar-refractivity contribution < 1.29 is 27.5 Å². The van der Waals surface area contributed by atoms with Crippen molar-refractivity contribution in [2.75, 3.05) is 39.4 Å². The van der Waals surface area contributed by atoms with E-state index in [9.17, 15) is 18.0 Å². The van der Waals surface area contributed by atoms with Crippen molar-refractivity contribution in [2.24, 2.45) is 4.99 Å². The van der Waals surface area contributed by atoms with E-state index in [1.54, 1.807) is 6.92 Å². The molecule has 1 saturated heterocycles. The van der Waals surface area contributed by atoms with Crippen LogP contribution in [-0.2, 0) is 21.3 Å². The lowest BCUT2D eigenvalue weighted by molar-refractivity contribution is 0.0933. The lowest BCUT2D eigenvalue weighted by Crippen LogP contribution is -2.50. The van der Waals surface area contributed by atoms with Gasteiger partial charge in [0.1, 0.15) is 5.75 Å². The minimum Gasteiger partial charge on any atom is -0.494 e. The molecule has 0 unspecified atom stereocenters. The quantitative estimate of drug-likeness (QED) is 0.450. The fraction of sp³-hybridized carbons (Fsp3) is 0.400. The molecule has 0 radical (unpaired) electrons. The molecule has 1 aromatic heterocycles. The third-order valence-electron chi connectivity index (χ3n) is 5.98. The fourth-order valence-corrected chi connectivity index (χ4v) is 6.64. The number of piperazine rings is 1. The molecular weight excluding hydrogens is 516 g/mol. The third kappa shape index (κ3) is 5.71. The summed E-state index contributed by atoms with van der Waals surface area (Å²) in [5, 5.41) is 0. The molecule has 198 valence electrons. The maximum Gasteiger partial charge on any atom is 0.409 e. The predicted octanol–water partition coefficient (Wildman–Crippen LogP) is 3.33. The summed E-state index contributed by atoms with van der Waals surface area (Å²) < 4.78 is 41.0. The predicted molar refractivity (Wildman–Crippen MR) is 140 cm³/mol. The Morgan fingerprint density at radius 2 is 1.68 bits per heavy atom. The van der Waals surface area contributed by atoms with Gasteiger partial charge in [0.05, 0.1) is 28.3 Å². The van der Waals surface area contributed by atoms with Gasteiger partial charge in [0.25, 0.3) is 5.91 Å². The van der Waals surface area contributed by atoms with E-state index in [4.69, 9.17) is 9.47 Å². The largest absolute Gasteiger partial charge is 0.494 e. The second-order valence-electron chi connectivity index (χ2n) is 8.22. The molecule has 12 heteroatoms. The smallest absolute Gasteiger partial charge is 0.409 e. The van der Waals surface area contributed by atoms with Gasteiger partial charge in [0.15, 0.2) is 4.80 Å². The van der Waals surface area contributed by atoms with E-state index in [-0.39, 0.29) is 37.7 Å². The Balaban J connectivity index is 1.52. The number of sulfonamides is 1. The van der Waals surface area contributed by atoms with Crippen LogP contribution in [0.25, 0.3) is 10.2 Å². The van der Waals surface area contributed by atoms with E-state index in [1.165, 1.54) is 44.8 Å². The summed E-state index contributed by atoms with van der Waals surface area (Å²) >= 11 is 1.40. The molecule has 4 rings (SSSR count). The number of hydrogen-bond donors (Lipinski definition) is 0. The Morgan fingerprint density at radius 3 is 2.30 bits per heavy atom. The van der Waals surface area contributed by atoms with Crippen molar-refractivity contribution in [3.05, 3.63) is 52.8 Å². The van der Waals surface area contributed by atoms with Gasteiger partial charge < -0.3 is 18.9 Å². The first kappa shape index (κ1) is 26.8. The molecule has 0 spiro atoms. The summed E-state index contributed by atoms with van der Waals surface area (Å²) in [6.45, 7) is 7.96. The van der Waals surface area contributed by atoms with Crippen LogP contribution in [0.1, 0.15) is 31.1 Å². The van der Waals surface area contributed by atoms with Crippen LogP contribution >= 0.6 is 11.3 Å². The summed E-state index contributed by atoms with van der Waals surface area (Å²) in [5.41, 5.74) is 1.26. The molecule has 10 nitrogen and oxygen atoms in total. The van der Waals surface area contributed by atoms with Crippen LogP contribution in [0, 0.1) is 0 Å². The molecule has 3 aromatic rings. The average Bonchev–Trinajstić information content (AvgIpc) is 3.25. The number of hydrogen-bond acceptors (Lipinski definition) is 7. The van der Waals surface area contributed by atoms with Crippen molar-refractivity contribution in [3.63, 3.8) is 0 Å². The first-order valence-electron chi connectivity index (χ1n) is 12.2. The SMILES string of the molecule is CCOC(=O)N1CCN(S(=O)(=O)c2ccc(C(=O)N=c3sc4cc(OCC)ccc4n3CC)cc2)CC1. The Hall–Kier alpha value is -3.22. The number of thiazole rings is 1. The maximum absolute atomic E-state index is 13.1. The molecule has 0 bridgehead atoms. The van der Waals surface area contributed by atoms with Crippen molar-refractivity contribution >= 4 is 43.6 Å². The van der Waals surface area contributed by atoms with Gasteiger partial charge >= 0.3 is 6.09 Å². The molecule has 0 N–H and O–H groups in total. The van der Waals surface area contributed by atoms with E-state index < -0.39 is 22.0 Å². The zero-order valence-corrected chi connectivity index (χ0v) is 22.7. The zero-order valence-electron chi connectivity index (χ0n) is 21.0. The first-order chi connectivity index (χ1) is 17.8. The molecule has 1 aliphatic rings. The number of benzene rings is 2. The number of fused-ring (bicyclic) bond motifs is 1. The molecule has 0 atom stereocenters. The van der Waals surface area contributed by atoms with E-state index in [0.29, 0.717) is 23.5 Å². The van der Waals surface area contributed by atoms with Gasteiger partial charge in [-0.25, -0.2) is 13.2 Å². The lowest BCUT2D eigenvalue weighted by Gasteiger charge is -2.33. The number of amides is 2. The van der Waals surface area contributed by atoms with E-state index >= 15 is 0 Å². The van der Waals surface area contributed by atoms with Gasteiger partial charge in [-0.1, -0.05) is 11.3 Å². The maximum atomic E-state index is 13.1.